The van der Waals surface area contributed by atoms with Crippen LogP contribution < -0.4 is 4.90 Å². The molecule has 0 aromatic heterocycles. The third-order valence-corrected chi connectivity index (χ3v) is 4.68. The van der Waals surface area contributed by atoms with E-state index in [0.717, 1.165) is 18.5 Å². The van der Waals surface area contributed by atoms with E-state index in [2.05, 4.69) is 72.0 Å². The zero-order valence-electron chi connectivity index (χ0n) is 12.1. The Bertz CT molecular complexity index is 663. The van der Waals surface area contributed by atoms with Gasteiger partial charge >= 0.3 is 0 Å². The number of carbonyl (C=O) groups excluding carboxylic acids is 1. The summed E-state index contributed by atoms with van der Waals surface area (Å²) in [6.45, 7) is 2.82. The van der Waals surface area contributed by atoms with Gasteiger partial charge in [0.25, 0.3) is 0 Å². The van der Waals surface area contributed by atoms with Gasteiger partial charge in [-0.3, -0.25) is 4.79 Å². The topological polar surface area (TPSA) is 20.3 Å². The van der Waals surface area contributed by atoms with Crippen LogP contribution in [0.15, 0.2) is 42.5 Å². The maximum Gasteiger partial charge on any atom is 0.227 e. The maximum atomic E-state index is 12.3. The van der Waals surface area contributed by atoms with Crippen LogP contribution in [0, 0.1) is 3.57 Å². The van der Waals surface area contributed by atoms with Gasteiger partial charge in [-0.05, 0) is 70.3 Å². The molecule has 21 heavy (non-hydrogen) atoms. The quantitative estimate of drug-likeness (QED) is 0.714. The molecule has 0 N–H and O–H groups in total. The van der Waals surface area contributed by atoms with Crippen molar-refractivity contribution in [1.82, 2.24) is 0 Å². The molecule has 1 amide bonds. The highest BCUT2D eigenvalue weighted by Crippen LogP contribution is 2.30. The molecular weight excluding hydrogens is 373 g/mol. The minimum Gasteiger partial charge on any atom is -0.308 e. The Morgan fingerprint density at radius 2 is 1.76 bits per heavy atom. The van der Waals surface area contributed by atoms with Crippen molar-refractivity contribution in [1.29, 1.82) is 0 Å². The highest BCUT2D eigenvalue weighted by Gasteiger charge is 2.24. The molecule has 0 fully saturated rings. The van der Waals surface area contributed by atoms with Crippen LogP contribution in [0.5, 0.6) is 0 Å². The SMILES string of the molecule is CCc1ccc(CN2C(=O)CCc3cc(I)ccc32)cc1. The minimum atomic E-state index is 0.225. The molecule has 108 valence electrons. The van der Waals surface area contributed by atoms with Gasteiger partial charge in [-0.1, -0.05) is 31.2 Å². The third-order valence-electron chi connectivity index (χ3n) is 4.01. The lowest BCUT2D eigenvalue weighted by Crippen LogP contribution is -2.34. The molecule has 0 atom stereocenters. The fourth-order valence-corrected chi connectivity index (χ4v) is 3.32. The van der Waals surface area contributed by atoms with Crippen LogP contribution in [0.1, 0.15) is 30.0 Å². The number of nitrogens with zero attached hydrogens (tertiary/aromatic N) is 1. The van der Waals surface area contributed by atoms with Gasteiger partial charge in [0.15, 0.2) is 0 Å². The van der Waals surface area contributed by atoms with Crippen LogP contribution in [0.2, 0.25) is 0 Å². The Kier molecular flexibility index (Phi) is 4.29. The summed E-state index contributed by atoms with van der Waals surface area (Å²) in [5.41, 5.74) is 4.88. The number of hydrogen-bond donors (Lipinski definition) is 0. The molecule has 0 radical (unpaired) electrons. The minimum absolute atomic E-state index is 0.225. The van der Waals surface area contributed by atoms with Gasteiger partial charge in [-0.2, -0.15) is 0 Å². The predicted molar refractivity (Wildman–Crippen MR) is 94.5 cm³/mol. The van der Waals surface area contributed by atoms with Crippen LogP contribution in [0.4, 0.5) is 5.69 Å². The summed E-state index contributed by atoms with van der Waals surface area (Å²) in [7, 11) is 0. The number of aryl methyl sites for hydroxylation is 2. The standard InChI is InChI=1S/C18H18INO/c1-2-13-3-5-14(6-4-13)12-20-17-9-8-16(19)11-15(17)7-10-18(20)21/h3-6,8-9,11H,2,7,10,12H2,1H3. The van der Waals surface area contributed by atoms with E-state index in [4.69, 9.17) is 0 Å². The number of carbonyl (C=O) groups is 1. The van der Waals surface area contributed by atoms with Gasteiger partial charge in [-0.15, -0.1) is 0 Å². The van der Waals surface area contributed by atoms with Gasteiger partial charge in [-0.25, -0.2) is 0 Å². The Hall–Kier alpha value is -1.36. The zero-order valence-corrected chi connectivity index (χ0v) is 14.3. The van der Waals surface area contributed by atoms with Crippen LogP contribution in [0.3, 0.4) is 0 Å². The van der Waals surface area contributed by atoms with Crippen LogP contribution in [-0.2, 0) is 24.2 Å². The van der Waals surface area contributed by atoms with Gasteiger partial charge < -0.3 is 4.90 Å². The first kappa shape index (κ1) is 14.6. The summed E-state index contributed by atoms with van der Waals surface area (Å²) >= 11 is 2.33. The lowest BCUT2D eigenvalue weighted by Gasteiger charge is -2.29. The Morgan fingerprint density at radius 1 is 1.05 bits per heavy atom. The fourth-order valence-electron chi connectivity index (χ4n) is 2.76. The van der Waals surface area contributed by atoms with Crippen LogP contribution in [-0.4, -0.2) is 5.91 Å². The molecule has 0 bridgehead atoms. The van der Waals surface area contributed by atoms with Crippen molar-refractivity contribution >= 4 is 34.2 Å². The van der Waals surface area contributed by atoms with Crippen molar-refractivity contribution in [3.05, 3.63) is 62.7 Å². The first-order chi connectivity index (χ1) is 10.2. The number of halogens is 1. The van der Waals surface area contributed by atoms with Crippen molar-refractivity contribution in [2.75, 3.05) is 4.90 Å². The smallest absolute Gasteiger partial charge is 0.227 e. The first-order valence-electron chi connectivity index (χ1n) is 7.34. The average Bonchev–Trinajstić information content (AvgIpc) is 2.51. The molecule has 2 aromatic rings. The van der Waals surface area contributed by atoms with Crippen molar-refractivity contribution in [2.24, 2.45) is 0 Å². The molecule has 0 spiro atoms. The highest BCUT2D eigenvalue weighted by atomic mass is 127. The maximum absolute atomic E-state index is 12.3. The molecule has 0 saturated carbocycles. The summed E-state index contributed by atoms with van der Waals surface area (Å²) < 4.78 is 1.23. The van der Waals surface area contributed by atoms with Crippen LogP contribution in [0.25, 0.3) is 0 Å². The van der Waals surface area contributed by atoms with E-state index in [-0.39, 0.29) is 5.91 Å². The molecular formula is C18H18INO. The van der Waals surface area contributed by atoms with E-state index in [0.29, 0.717) is 13.0 Å². The van der Waals surface area contributed by atoms with E-state index in [1.54, 1.807) is 0 Å². The fraction of sp³-hybridized carbons (Fsp3) is 0.278. The molecule has 2 nitrogen and oxygen atoms in total. The van der Waals surface area contributed by atoms with E-state index < -0.39 is 0 Å². The largest absolute Gasteiger partial charge is 0.308 e. The van der Waals surface area contributed by atoms with Gasteiger partial charge in [0.05, 0.1) is 6.54 Å². The molecule has 0 unspecified atom stereocenters. The number of rotatable bonds is 3. The number of hydrogen-bond acceptors (Lipinski definition) is 1. The molecule has 0 aliphatic carbocycles. The lowest BCUT2D eigenvalue weighted by molar-refractivity contribution is -0.119. The molecule has 2 aromatic carbocycles. The summed E-state index contributed by atoms with van der Waals surface area (Å²) in [4.78, 5) is 14.2. The number of benzene rings is 2. The summed E-state index contributed by atoms with van der Waals surface area (Å²) in [6.07, 6.45) is 2.51. The number of fused-ring (bicyclic) bond motifs is 1. The predicted octanol–water partition coefficient (Wildman–Crippen LogP) is 4.33. The summed E-state index contributed by atoms with van der Waals surface area (Å²) in [5.74, 6) is 0.225. The van der Waals surface area contributed by atoms with Crippen molar-refractivity contribution in [3.8, 4) is 0 Å². The van der Waals surface area contributed by atoms with Crippen molar-refractivity contribution in [2.45, 2.75) is 32.7 Å². The highest BCUT2D eigenvalue weighted by molar-refractivity contribution is 14.1. The second-order valence-electron chi connectivity index (χ2n) is 5.42. The van der Waals surface area contributed by atoms with E-state index in [9.17, 15) is 4.79 Å². The molecule has 3 heteroatoms. The van der Waals surface area contributed by atoms with Crippen molar-refractivity contribution < 1.29 is 4.79 Å². The van der Waals surface area contributed by atoms with Gasteiger partial charge in [0.2, 0.25) is 5.91 Å². The summed E-state index contributed by atoms with van der Waals surface area (Å²) in [5, 5.41) is 0. The second-order valence-corrected chi connectivity index (χ2v) is 6.67. The first-order valence-corrected chi connectivity index (χ1v) is 8.42. The molecule has 1 heterocycles. The zero-order chi connectivity index (χ0) is 14.8. The van der Waals surface area contributed by atoms with Gasteiger partial charge in [0.1, 0.15) is 0 Å². The van der Waals surface area contributed by atoms with E-state index in [1.807, 2.05) is 4.90 Å². The monoisotopic (exact) mass is 391 g/mol. The third kappa shape index (κ3) is 3.12. The molecule has 0 saturated heterocycles. The Morgan fingerprint density at radius 3 is 2.48 bits per heavy atom. The molecule has 1 aliphatic heterocycles. The van der Waals surface area contributed by atoms with Gasteiger partial charge in [0, 0.05) is 15.7 Å². The Labute approximate surface area is 139 Å². The van der Waals surface area contributed by atoms with Crippen molar-refractivity contribution in [3.63, 3.8) is 0 Å². The normalized spacial score (nSPS) is 14.2. The lowest BCUT2D eigenvalue weighted by atomic mass is 10.0. The molecule has 1 aliphatic rings. The number of amides is 1. The van der Waals surface area contributed by atoms with Crippen LogP contribution >= 0.6 is 22.6 Å². The Balaban J connectivity index is 1.89. The molecule has 3 rings (SSSR count). The number of anilines is 1. The average molecular weight is 391 g/mol. The second kappa shape index (κ2) is 6.18. The summed E-state index contributed by atoms with van der Waals surface area (Å²) in [6, 6.07) is 14.9. The van der Waals surface area contributed by atoms with E-state index >= 15 is 0 Å². The van der Waals surface area contributed by atoms with E-state index in [1.165, 1.54) is 20.3 Å².